The molecule has 1 N–H and O–H groups in total. The highest BCUT2D eigenvalue weighted by Crippen LogP contribution is 2.08. The van der Waals surface area contributed by atoms with Gasteiger partial charge < -0.3 is 4.74 Å². The first-order chi connectivity index (χ1) is 7.45. The van der Waals surface area contributed by atoms with E-state index in [4.69, 9.17) is 10.00 Å². The highest BCUT2D eigenvalue weighted by atomic mass is 16.5. The molecule has 0 amide bonds. The van der Waals surface area contributed by atoms with E-state index in [2.05, 4.69) is 32.2 Å². The highest BCUT2D eigenvalue weighted by molar-refractivity contribution is 4.90. The maximum absolute atomic E-state index is 8.92. The average molecular weight is 226 g/mol. The molecule has 0 fully saturated rings. The second-order valence-corrected chi connectivity index (χ2v) is 5.10. The molecule has 0 bridgehead atoms. The Morgan fingerprint density at radius 3 is 2.25 bits per heavy atom. The zero-order valence-corrected chi connectivity index (χ0v) is 11.3. The van der Waals surface area contributed by atoms with Gasteiger partial charge in [0.25, 0.3) is 0 Å². The van der Waals surface area contributed by atoms with E-state index in [0.717, 1.165) is 12.8 Å². The van der Waals surface area contributed by atoms with E-state index in [0.29, 0.717) is 24.7 Å². The SMILES string of the molecule is CC(C)CC(C)OCCC(C#N)NC(C)C. The Labute approximate surface area is 100 Å². The molecule has 0 heterocycles. The van der Waals surface area contributed by atoms with Gasteiger partial charge in [-0.15, -0.1) is 0 Å². The third kappa shape index (κ3) is 8.70. The van der Waals surface area contributed by atoms with Crippen LogP contribution in [0.4, 0.5) is 0 Å². The molecule has 0 saturated carbocycles. The van der Waals surface area contributed by atoms with E-state index >= 15 is 0 Å². The molecule has 0 spiro atoms. The highest BCUT2D eigenvalue weighted by Gasteiger charge is 2.10. The standard InChI is InChI=1S/C13H26N2O/c1-10(2)8-12(5)16-7-6-13(9-14)15-11(3)4/h10-13,15H,6-8H2,1-5H3. The molecule has 3 heteroatoms. The van der Waals surface area contributed by atoms with Gasteiger partial charge in [0.15, 0.2) is 0 Å². The van der Waals surface area contributed by atoms with Crippen molar-refractivity contribution >= 4 is 0 Å². The summed E-state index contributed by atoms with van der Waals surface area (Å²) >= 11 is 0. The summed E-state index contributed by atoms with van der Waals surface area (Å²) in [5.41, 5.74) is 0. The van der Waals surface area contributed by atoms with Gasteiger partial charge in [-0.25, -0.2) is 0 Å². The van der Waals surface area contributed by atoms with Crippen LogP contribution in [-0.4, -0.2) is 24.8 Å². The van der Waals surface area contributed by atoms with Crippen LogP contribution in [0.2, 0.25) is 0 Å². The largest absolute Gasteiger partial charge is 0.378 e. The van der Waals surface area contributed by atoms with Crippen LogP contribution in [0, 0.1) is 17.2 Å². The third-order valence-electron chi connectivity index (χ3n) is 2.30. The van der Waals surface area contributed by atoms with Crippen LogP contribution in [-0.2, 0) is 4.74 Å². The van der Waals surface area contributed by atoms with E-state index in [9.17, 15) is 0 Å². The Hall–Kier alpha value is -0.590. The fourth-order valence-corrected chi connectivity index (χ4v) is 1.71. The van der Waals surface area contributed by atoms with Gasteiger partial charge in [-0.05, 0) is 39.5 Å². The van der Waals surface area contributed by atoms with Crippen molar-refractivity contribution in [2.24, 2.45) is 5.92 Å². The van der Waals surface area contributed by atoms with E-state index in [1.165, 1.54) is 0 Å². The van der Waals surface area contributed by atoms with Gasteiger partial charge in [0.05, 0.1) is 18.2 Å². The molecule has 2 unspecified atom stereocenters. The number of nitrogens with one attached hydrogen (secondary N) is 1. The summed E-state index contributed by atoms with van der Waals surface area (Å²) in [6.45, 7) is 11.2. The topological polar surface area (TPSA) is 45.0 Å². The van der Waals surface area contributed by atoms with E-state index in [-0.39, 0.29) is 6.04 Å². The fourth-order valence-electron chi connectivity index (χ4n) is 1.71. The van der Waals surface area contributed by atoms with Crippen molar-refractivity contribution in [1.82, 2.24) is 5.32 Å². The summed E-state index contributed by atoms with van der Waals surface area (Å²) in [7, 11) is 0. The van der Waals surface area contributed by atoms with Crippen molar-refractivity contribution < 1.29 is 4.74 Å². The quantitative estimate of drug-likeness (QED) is 0.692. The van der Waals surface area contributed by atoms with Gasteiger partial charge in [-0.1, -0.05) is 13.8 Å². The Morgan fingerprint density at radius 1 is 1.19 bits per heavy atom. The molecule has 3 nitrogen and oxygen atoms in total. The summed E-state index contributed by atoms with van der Waals surface area (Å²) in [6.07, 6.45) is 2.13. The van der Waals surface area contributed by atoms with Gasteiger partial charge in [-0.2, -0.15) is 5.26 Å². The Bertz CT molecular complexity index is 208. The van der Waals surface area contributed by atoms with E-state index in [1.807, 2.05) is 13.8 Å². The first-order valence-electron chi connectivity index (χ1n) is 6.23. The average Bonchev–Trinajstić information content (AvgIpc) is 2.14. The minimum Gasteiger partial charge on any atom is -0.378 e. The molecule has 0 radical (unpaired) electrons. The van der Waals surface area contributed by atoms with Crippen LogP contribution in [0.1, 0.15) is 47.5 Å². The Balaban J connectivity index is 3.66. The van der Waals surface area contributed by atoms with Crippen molar-refractivity contribution in [3.8, 4) is 6.07 Å². The number of hydrogen-bond donors (Lipinski definition) is 1. The van der Waals surface area contributed by atoms with Crippen molar-refractivity contribution in [3.63, 3.8) is 0 Å². The molecule has 0 aliphatic rings. The predicted octanol–water partition coefficient (Wildman–Crippen LogP) is 2.72. The van der Waals surface area contributed by atoms with Gasteiger partial charge in [-0.3, -0.25) is 5.32 Å². The molecule has 0 saturated heterocycles. The molecular weight excluding hydrogens is 200 g/mol. The second kappa shape index (κ2) is 8.55. The zero-order chi connectivity index (χ0) is 12.6. The molecular formula is C13H26N2O. The number of ether oxygens (including phenoxy) is 1. The lowest BCUT2D eigenvalue weighted by Gasteiger charge is -2.18. The van der Waals surface area contributed by atoms with Crippen LogP contribution >= 0.6 is 0 Å². The first-order valence-corrected chi connectivity index (χ1v) is 6.23. The monoisotopic (exact) mass is 226 g/mol. The summed E-state index contributed by atoms with van der Waals surface area (Å²) in [5, 5.41) is 12.1. The smallest absolute Gasteiger partial charge is 0.0976 e. The lowest BCUT2D eigenvalue weighted by molar-refractivity contribution is 0.0480. The zero-order valence-electron chi connectivity index (χ0n) is 11.3. The predicted molar refractivity (Wildman–Crippen MR) is 67.2 cm³/mol. The van der Waals surface area contributed by atoms with Crippen LogP contribution < -0.4 is 5.32 Å². The number of hydrogen-bond acceptors (Lipinski definition) is 3. The molecule has 16 heavy (non-hydrogen) atoms. The Kier molecular flexibility index (Phi) is 8.23. The van der Waals surface area contributed by atoms with Crippen LogP contribution in [0.25, 0.3) is 0 Å². The van der Waals surface area contributed by atoms with Crippen molar-refractivity contribution in [2.75, 3.05) is 6.61 Å². The van der Waals surface area contributed by atoms with Crippen LogP contribution in [0.5, 0.6) is 0 Å². The minimum atomic E-state index is -0.0914. The number of rotatable bonds is 8. The first kappa shape index (κ1) is 15.4. The summed E-state index contributed by atoms with van der Waals surface area (Å²) in [5.74, 6) is 0.663. The second-order valence-electron chi connectivity index (χ2n) is 5.10. The van der Waals surface area contributed by atoms with Crippen molar-refractivity contribution in [3.05, 3.63) is 0 Å². The third-order valence-corrected chi connectivity index (χ3v) is 2.30. The maximum Gasteiger partial charge on any atom is 0.0976 e. The van der Waals surface area contributed by atoms with Crippen molar-refractivity contribution in [1.29, 1.82) is 5.26 Å². The van der Waals surface area contributed by atoms with Gasteiger partial charge in [0.2, 0.25) is 0 Å². The molecule has 94 valence electrons. The molecule has 0 aromatic carbocycles. The molecule has 0 aliphatic carbocycles. The molecule has 0 aromatic heterocycles. The summed E-state index contributed by atoms with van der Waals surface area (Å²) in [4.78, 5) is 0. The lowest BCUT2D eigenvalue weighted by atomic mass is 10.1. The molecule has 0 aliphatic heterocycles. The molecule has 2 atom stereocenters. The maximum atomic E-state index is 8.92. The minimum absolute atomic E-state index is 0.0914. The number of nitrogens with zero attached hydrogens (tertiary/aromatic N) is 1. The summed E-state index contributed by atoms with van der Waals surface area (Å²) in [6, 6.07) is 2.51. The molecule has 0 aromatic rings. The normalized spacial score (nSPS) is 15.1. The summed E-state index contributed by atoms with van der Waals surface area (Å²) < 4.78 is 5.68. The fraction of sp³-hybridized carbons (Fsp3) is 0.923. The van der Waals surface area contributed by atoms with Crippen LogP contribution in [0.3, 0.4) is 0 Å². The van der Waals surface area contributed by atoms with Gasteiger partial charge >= 0.3 is 0 Å². The van der Waals surface area contributed by atoms with Crippen LogP contribution in [0.15, 0.2) is 0 Å². The van der Waals surface area contributed by atoms with Crippen molar-refractivity contribution in [2.45, 2.75) is 65.6 Å². The Morgan fingerprint density at radius 2 is 1.81 bits per heavy atom. The lowest BCUT2D eigenvalue weighted by Crippen LogP contribution is -2.34. The molecule has 0 rings (SSSR count). The number of nitriles is 1. The van der Waals surface area contributed by atoms with Gasteiger partial charge in [0.1, 0.15) is 0 Å². The van der Waals surface area contributed by atoms with Gasteiger partial charge in [0, 0.05) is 12.6 Å². The van der Waals surface area contributed by atoms with E-state index < -0.39 is 0 Å². The van der Waals surface area contributed by atoms with E-state index in [1.54, 1.807) is 0 Å².